The first kappa shape index (κ1) is 77.5. The van der Waals surface area contributed by atoms with Gasteiger partial charge in [-0.25, -0.2) is 9.59 Å². The largest absolute Gasteiger partial charge is 0.508 e. The van der Waals surface area contributed by atoms with Crippen molar-refractivity contribution in [1.82, 2.24) is 0 Å². The average Bonchev–Trinajstić information content (AvgIpc) is 1.59. The van der Waals surface area contributed by atoms with Gasteiger partial charge in [-0.15, -0.1) is 0 Å². The highest BCUT2D eigenvalue weighted by atomic mass is 16.6. The highest BCUT2D eigenvalue weighted by Crippen LogP contribution is 2.57. The molecule has 510 valence electrons. The lowest BCUT2D eigenvalue weighted by atomic mass is 9.73. The van der Waals surface area contributed by atoms with E-state index in [-0.39, 0.29) is 102 Å². The molecule has 0 radical (unpaired) electrons. The van der Waals surface area contributed by atoms with Crippen LogP contribution >= 0.6 is 0 Å². The van der Waals surface area contributed by atoms with Gasteiger partial charge in [0.1, 0.15) is 47.1 Å². The zero-order valence-corrected chi connectivity index (χ0v) is 57.5. The number of ether oxygens (including phenoxy) is 6. The summed E-state index contributed by atoms with van der Waals surface area (Å²) in [4.78, 5) is 70.9. The van der Waals surface area contributed by atoms with Crippen LogP contribution in [0, 0.1) is 58.2 Å². The number of phenolic OH excluding ortho intramolecular Hbond substituents is 2. The van der Waals surface area contributed by atoms with E-state index < -0.39 is 5.41 Å². The summed E-state index contributed by atoms with van der Waals surface area (Å²) in [5.41, 5.74) is 1.93. The fourth-order valence-electron chi connectivity index (χ4n) is 14.5. The quantitative estimate of drug-likeness (QED) is 0.0765. The van der Waals surface area contributed by atoms with Crippen LogP contribution in [0.3, 0.4) is 0 Å². The highest BCUT2D eigenvalue weighted by Gasteiger charge is 2.64. The van der Waals surface area contributed by atoms with E-state index in [0.717, 1.165) is 76.2 Å². The number of esters is 6. The normalized spacial score (nSPS) is 25.3. The van der Waals surface area contributed by atoms with Crippen molar-refractivity contribution in [2.45, 2.75) is 281 Å². The zero-order chi connectivity index (χ0) is 66.9. The highest BCUT2D eigenvalue weighted by molar-refractivity contribution is 5.88. The van der Waals surface area contributed by atoms with E-state index in [1.165, 1.54) is 69.8 Å². The Morgan fingerprint density at radius 2 is 0.945 bits per heavy atom. The third-order valence-corrected chi connectivity index (χ3v) is 21.8. The van der Waals surface area contributed by atoms with Gasteiger partial charge in [0, 0.05) is 34.8 Å². The minimum atomic E-state index is -0.455. The number of phenols is 2. The molecule has 2 aliphatic heterocycles. The average molecular weight is 1270 g/mol. The molecule has 4 bridgehead atoms. The Labute approximate surface area is 547 Å². The Morgan fingerprint density at radius 3 is 1.32 bits per heavy atom. The van der Waals surface area contributed by atoms with E-state index in [9.17, 15) is 28.8 Å². The number of carbonyl (C=O) groups is 6. The molecule has 8 fully saturated rings. The first-order valence-electron chi connectivity index (χ1n) is 34.4. The van der Waals surface area contributed by atoms with Crippen molar-refractivity contribution in [2.75, 3.05) is 0 Å². The smallest absolute Gasteiger partial charge is 0.333 e. The second-order valence-electron chi connectivity index (χ2n) is 28.3. The van der Waals surface area contributed by atoms with Crippen molar-refractivity contribution in [3.63, 3.8) is 0 Å². The lowest BCUT2D eigenvalue weighted by Crippen LogP contribution is -2.45. The van der Waals surface area contributed by atoms with Crippen LogP contribution < -0.4 is 0 Å². The number of fused-ring (bicyclic) bond motifs is 2. The van der Waals surface area contributed by atoms with E-state index in [1.54, 1.807) is 44.2 Å². The summed E-state index contributed by atoms with van der Waals surface area (Å²) >= 11 is 0. The first-order chi connectivity index (χ1) is 42.5. The monoisotopic (exact) mass is 1270 g/mol. The molecule has 0 aromatic heterocycles. The maximum absolute atomic E-state index is 12.4. The van der Waals surface area contributed by atoms with Crippen LogP contribution in [0.1, 0.15) is 256 Å². The fourth-order valence-corrected chi connectivity index (χ4v) is 14.5. The molecule has 10 rings (SSSR count). The van der Waals surface area contributed by atoms with Crippen LogP contribution in [0.2, 0.25) is 0 Å². The third-order valence-electron chi connectivity index (χ3n) is 21.8. The van der Waals surface area contributed by atoms with Gasteiger partial charge in [-0.3, -0.25) is 19.2 Å². The van der Waals surface area contributed by atoms with Gasteiger partial charge < -0.3 is 38.6 Å². The van der Waals surface area contributed by atoms with Crippen LogP contribution in [-0.4, -0.2) is 81.6 Å². The summed E-state index contributed by atoms with van der Waals surface area (Å²) in [5, 5.41) is 17.8. The van der Waals surface area contributed by atoms with Gasteiger partial charge in [-0.1, -0.05) is 151 Å². The van der Waals surface area contributed by atoms with Crippen LogP contribution in [0.5, 0.6) is 11.5 Å². The number of benzene rings is 2. The Morgan fingerprint density at radius 1 is 0.560 bits per heavy atom. The van der Waals surface area contributed by atoms with Gasteiger partial charge in [-0.2, -0.15) is 0 Å². The van der Waals surface area contributed by atoms with Gasteiger partial charge in [0.2, 0.25) is 0 Å². The molecule has 91 heavy (non-hydrogen) atoms. The number of hydrogen-bond acceptors (Lipinski definition) is 14. The molecular formula is C77H118O14. The summed E-state index contributed by atoms with van der Waals surface area (Å²) in [7, 11) is 0. The predicted octanol–water partition coefficient (Wildman–Crippen LogP) is 17.9. The summed E-state index contributed by atoms with van der Waals surface area (Å²) < 4.78 is 33.6. The SMILES string of the molecule is C.C=C(C)C(=O)OC(CC)(CC)C1CCCCC1.C=C(C)C(=O)OC1C2CC3C(=O)OC1C3C2.C=Cc1ccc(O)cc1.CCC(C)(C)C(=O)OC(CC)(CC)C1CCCCC1.CCC(C)(C)C(=O)OC1C2CC3C(=O)OC1C3C2.CCC(C)c1ccc(O)cc1. The van der Waals surface area contributed by atoms with Crippen LogP contribution in [-0.2, 0) is 57.2 Å². The Balaban J connectivity index is 0.000000236. The van der Waals surface area contributed by atoms with E-state index >= 15 is 0 Å². The molecule has 14 nitrogen and oxygen atoms in total. The van der Waals surface area contributed by atoms with Gasteiger partial charge >= 0.3 is 35.8 Å². The van der Waals surface area contributed by atoms with Gasteiger partial charge in [0.05, 0.1) is 22.7 Å². The van der Waals surface area contributed by atoms with Gasteiger partial charge in [0.15, 0.2) is 0 Å². The van der Waals surface area contributed by atoms with Crippen molar-refractivity contribution in [3.8, 4) is 11.5 Å². The van der Waals surface area contributed by atoms with Crippen molar-refractivity contribution >= 4 is 41.9 Å². The number of carbonyl (C=O) groups excluding carboxylic acids is 6. The Bertz CT molecular complexity index is 2700. The number of hydrogen-bond donors (Lipinski definition) is 2. The molecule has 11 atom stereocenters. The topological polar surface area (TPSA) is 198 Å². The molecule has 0 amide bonds. The molecule has 14 heteroatoms. The third kappa shape index (κ3) is 19.6. The molecule has 2 N–H and O–H groups in total. The zero-order valence-electron chi connectivity index (χ0n) is 57.5. The fraction of sp³-hybridized carbons (Fsp3) is 0.688. The maximum Gasteiger partial charge on any atom is 0.333 e. The van der Waals surface area contributed by atoms with Gasteiger partial charge in [-0.05, 0) is 191 Å². The van der Waals surface area contributed by atoms with E-state index in [0.29, 0.717) is 58.2 Å². The molecule has 6 aliphatic carbocycles. The van der Waals surface area contributed by atoms with Crippen LogP contribution in [0.15, 0.2) is 79.4 Å². The van der Waals surface area contributed by atoms with E-state index in [1.807, 2.05) is 58.9 Å². The standard InChI is InChI=1S/C17H32O2.C15H26O2.C14H20O4.C12H14O4.C10H14O.C8H8O.CH4/c1-6-16(4,5)15(18)19-17(7-2,8-3)14-12-10-9-11-13-14;1-5-15(6-2,17-14(16)12(3)4)13-10-8-7-9-11-13;1-4-14(2,3)13(16)18-10-7-5-8-9(6-7)12(15)17-11(8)10;1-5(2)11(13)15-9-6-3-7-8(4-6)12(14)16-10(7)9;1-3-8(2)9-4-6-10(11)7-5-9;1-2-7-3-5-8(9)6-4-7;/h14H,6-13H2,1-5H3;13H,3,5-11H2,1-2,4H3;7-11H,4-6H2,1-3H3;6-10H,1,3-4H2,2H3;4-8,11H,3H2,1-2H3;2-6,9H,1H2;1H4. The summed E-state index contributed by atoms with van der Waals surface area (Å²) in [6.45, 7) is 38.9. The molecule has 2 heterocycles. The van der Waals surface area contributed by atoms with E-state index in [2.05, 4.69) is 68.2 Å². The molecule has 11 unspecified atom stereocenters. The maximum atomic E-state index is 12.4. The van der Waals surface area contributed by atoms with Crippen LogP contribution in [0.4, 0.5) is 0 Å². The summed E-state index contributed by atoms with van der Waals surface area (Å²) in [6, 6.07) is 14.3. The van der Waals surface area contributed by atoms with Gasteiger partial charge in [0.25, 0.3) is 0 Å². The molecule has 2 aromatic rings. The lowest BCUT2D eigenvalue weighted by molar-refractivity contribution is -0.180. The summed E-state index contributed by atoms with van der Waals surface area (Å²) in [5.74, 6) is 2.71. The Hall–Kier alpha value is -5.92. The first-order valence-corrected chi connectivity index (χ1v) is 34.4. The molecular weight excluding hydrogens is 1150 g/mol. The number of aromatic hydroxyl groups is 2. The van der Waals surface area contributed by atoms with Crippen molar-refractivity contribution in [1.29, 1.82) is 0 Å². The van der Waals surface area contributed by atoms with Crippen LogP contribution in [0.25, 0.3) is 6.08 Å². The minimum Gasteiger partial charge on any atom is -0.508 e. The molecule has 6 saturated carbocycles. The molecule has 2 saturated heterocycles. The van der Waals surface area contributed by atoms with Crippen molar-refractivity contribution in [2.24, 2.45) is 58.2 Å². The minimum absolute atomic E-state index is 0. The second-order valence-corrected chi connectivity index (χ2v) is 28.3. The molecule has 8 aliphatic rings. The van der Waals surface area contributed by atoms with E-state index in [4.69, 9.17) is 38.6 Å². The van der Waals surface area contributed by atoms with Crippen molar-refractivity contribution < 1.29 is 67.4 Å². The van der Waals surface area contributed by atoms with Crippen molar-refractivity contribution in [3.05, 3.63) is 90.5 Å². The second kappa shape index (κ2) is 34.8. The summed E-state index contributed by atoms with van der Waals surface area (Å²) in [6.07, 6.45) is 23.6. The number of rotatable bonds is 19. The molecule has 2 aromatic carbocycles. The predicted molar refractivity (Wildman–Crippen MR) is 360 cm³/mol. The molecule has 0 spiro atoms. The lowest BCUT2D eigenvalue weighted by Gasteiger charge is -2.42. The Kier molecular flexibility index (Phi) is 29.7.